The monoisotopic (exact) mass is 342 g/mol. The third-order valence-corrected chi connectivity index (χ3v) is 4.67. The second-order valence-corrected chi connectivity index (χ2v) is 6.95. The van der Waals surface area contributed by atoms with Gasteiger partial charge in [-0.1, -0.05) is 63.3 Å². The first-order valence-electron chi connectivity index (χ1n) is 9.71. The highest BCUT2D eigenvalue weighted by Gasteiger charge is 2.03. The molecular weight excluding hydrogens is 311 g/mol. The summed E-state index contributed by atoms with van der Waals surface area (Å²) < 4.78 is 13.1. The van der Waals surface area contributed by atoms with Crippen LogP contribution in [0, 0.1) is 6.92 Å². The summed E-state index contributed by atoms with van der Waals surface area (Å²) in [7, 11) is 0. The Morgan fingerprint density at radius 2 is 1.48 bits per heavy atom. The van der Waals surface area contributed by atoms with Gasteiger partial charge in [-0.3, -0.25) is 0 Å². The first kappa shape index (κ1) is 19.6. The average molecular weight is 343 g/mol. The first-order valence-corrected chi connectivity index (χ1v) is 9.71. The number of benzene rings is 1. The van der Waals surface area contributed by atoms with Crippen LogP contribution in [0.15, 0.2) is 36.7 Å². The first-order chi connectivity index (χ1) is 12.2. The number of halogens is 1. The maximum atomic E-state index is 13.1. The van der Waals surface area contributed by atoms with E-state index in [0.717, 1.165) is 36.2 Å². The summed E-state index contributed by atoms with van der Waals surface area (Å²) in [5.41, 5.74) is 3.52. The number of nitrogens with zero attached hydrogens (tertiary/aromatic N) is 2. The van der Waals surface area contributed by atoms with Crippen molar-refractivity contribution in [2.24, 2.45) is 0 Å². The van der Waals surface area contributed by atoms with Crippen molar-refractivity contribution in [2.45, 2.75) is 77.8 Å². The van der Waals surface area contributed by atoms with Gasteiger partial charge in [0.1, 0.15) is 0 Å². The van der Waals surface area contributed by atoms with E-state index in [4.69, 9.17) is 0 Å². The van der Waals surface area contributed by atoms with Crippen molar-refractivity contribution < 1.29 is 4.39 Å². The summed E-state index contributed by atoms with van der Waals surface area (Å²) in [6, 6.07) is 8.59. The van der Waals surface area contributed by atoms with Gasteiger partial charge in [0.2, 0.25) is 0 Å². The molecule has 0 N–H and O–H groups in total. The molecule has 3 heteroatoms. The van der Waals surface area contributed by atoms with Crippen LogP contribution in [-0.4, -0.2) is 16.1 Å². The highest BCUT2D eigenvalue weighted by molar-refractivity contribution is 5.55. The molecule has 0 aliphatic heterocycles. The third-order valence-electron chi connectivity index (χ3n) is 4.67. The SMILES string of the molecule is CCC(F)CCCCCCCCc1ccc(-c2ncc(C)cn2)cc1. The number of hydrogen-bond donors (Lipinski definition) is 0. The predicted molar refractivity (Wildman–Crippen MR) is 103 cm³/mol. The van der Waals surface area contributed by atoms with Crippen molar-refractivity contribution in [3.05, 3.63) is 47.8 Å². The van der Waals surface area contributed by atoms with Gasteiger partial charge in [0.25, 0.3) is 0 Å². The molecule has 1 unspecified atom stereocenters. The zero-order chi connectivity index (χ0) is 17.9. The quantitative estimate of drug-likeness (QED) is 0.437. The van der Waals surface area contributed by atoms with E-state index in [9.17, 15) is 4.39 Å². The van der Waals surface area contributed by atoms with Gasteiger partial charge >= 0.3 is 0 Å². The highest BCUT2D eigenvalue weighted by atomic mass is 19.1. The number of hydrogen-bond acceptors (Lipinski definition) is 2. The second-order valence-electron chi connectivity index (χ2n) is 6.95. The number of rotatable bonds is 11. The van der Waals surface area contributed by atoms with E-state index in [1.807, 2.05) is 26.2 Å². The van der Waals surface area contributed by atoms with E-state index >= 15 is 0 Å². The molecule has 0 amide bonds. The molecule has 0 saturated carbocycles. The Morgan fingerprint density at radius 1 is 0.880 bits per heavy atom. The fourth-order valence-electron chi connectivity index (χ4n) is 2.97. The summed E-state index contributed by atoms with van der Waals surface area (Å²) in [4.78, 5) is 8.74. The zero-order valence-corrected chi connectivity index (χ0v) is 15.7. The van der Waals surface area contributed by atoms with Gasteiger partial charge in [-0.2, -0.15) is 0 Å². The topological polar surface area (TPSA) is 25.8 Å². The molecule has 0 fully saturated rings. The number of alkyl halides is 1. The normalized spacial score (nSPS) is 12.3. The molecule has 2 nitrogen and oxygen atoms in total. The Morgan fingerprint density at radius 3 is 2.12 bits per heavy atom. The lowest BCUT2D eigenvalue weighted by atomic mass is 10.0. The highest BCUT2D eigenvalue weighted by Crippen LogP contribution is 2.17. The molecule has 1 heterocycles. The molecule has 2 rings (SSSR count). The predicted octanol–water partition coefficient (Wildman–Crippen LogP) is 6.47. The zero-order valence-electron chi connectivity index (χ0n) is 15.7. The smallest absolute Gasteiger partial charge is 0.159 e. The Balaban J connectivity index is 1.61. The lowest BCUT2D eigenvalue weighted by Crippen LogP contribution is -1.96. The van der Waals surface area contributed by atoms with Crippen LogP contribution >= 0.6 is 0 Å². The largest absolute Gasteiger partial charge is 0.248 e. The molecule has 0 saturated heterocycles. The standard InChI is InChI=1S/C22H31FN2/c1-3-21(23)11-9-7-5-4-6-8-10-19-12-14-20(15-13-19)22-24-16-18(2)17-25-22/h12-17,21H,3-11H2,1-2H3. The van der Waals surface area contributed by atoms with Gasteiger partial charge in [0.15, 0.2) is 5.82 Å². The van der Waals surface area contributed by atoms with E-state index in [1.165, 1.54) is 37.7 Å². The molecule has 0 radical (unpaired) electrons. The Hall–Kier alpha value is -1.77. The third kappa shape index (κ3) is 7.33. The van der Waals surface area contributed by atoms with Crippen LogP contribution in [0.25, 0.3) is 11.4 Å². The van der Waals surface area contributed by atoms with Crippen LogP contribution in [0.5, 0.6) is 0 Å². The van der Waals surface area contributed by atoms with Crippen molar-refractivity contribution >= 4 is 0 Å². The average Bonchev–Trinajstić information content (AvgIpc) is 2.65. The number of unbranched alkanes of at least 4 members (excludes halogenated alkanes) is 5. The molecule has 1 atom stereocenters. The minimum Gasteiger partial charge on any atom is -0.248 e. The van der Waals surface area contributed by atoms with Crippen molar-refractivity contribution in [3.8, 4) is 11.4 Å². The molecule has 1 aromatic heterocycles. The summed E-state index contributed by atoms with van der Waals surface area (Å²) in [6.45, 7) is 3.92. The van der Waals surface area contributed by atoms with Gasteiger partial charge in [0, 0.05) is 18.0 Å². The summed E-state index contributed by atoms with van der Waals surface area (Å²) in [6.07, 6.45) is 12.8. The van der Waals surface area contributed by atoms with E-state index in [0.29, 0.717) is 6.42 Å². The van der Waals surface area contributed by atoms with Crippen LogP contribution in [0.1, 0.15) is 69.4 Å². The molecule has 2 aromatic rings. The summed E-state index contributed by atoms with van der Waals surface area (Å²) in [5, 5.41) is 0. The fraction of sp³-hybridized carbons (Fsp3) is 0.545. The van der Waals surface area contributed by atoms with Crippen molar-refractivity contribution in [3.63, 3.8) is 0 Å². The van der Waals surface area contributed by atoms with Crippen molar-refractivity contribution in [1.82, 2.24) is 9.97 Å². The second kappa shape index (κ2) is 11.0. The van der Waals surface area contributed by atoms with E-state index in [-0.39, 0.29) is 0 Å². The van der Waals surface area contributed by atoms with E-state index in [1.54, 1.807) is 0 Å². The molecular formula is C22H31FN2. The molecule has 0 bridgehead atoms. The van der Waals surface area contributed by atoms with E-state index < -0.39 is 6.17 Å². The van der Waals surface area contributed by atoms with E-state index in [2.05, 4.69) is 34.2 Å². The minimum absolute atomic E-state index is 0.590. The van der Waals surface area contributed by atoms with Crippen molar-refractivity contribution in [1.29, 1.82) is 0 Å². The van der Waals surface area contributed by atoms with Crippen molar-refractivity contribution in [2.75, 3.05) is 0 Å². The molecule has 136 valence electrons. The fourth-order valence-corrected chi connectivity index (χ4v) is 2.97. The summed E-state index contributed by atoms with van der Waals surface area (Å²) in [5.74, 6) is 0.788. The Kier molecular flexibility index (Phi) is 8.58. The van der Waals surface area contributed by atoms with Gasteiger partial charge in [-0.15, -0.1) is 0 Å². The molecule has 25 heavy (non-hydrogen) atoms. The minimum atomic E-state index is -0.590. The summed E-state index contributed by atoms with van der Waals surface area (Å²) >= 11 is 0. The molecule has 0 aliphatic carbocycles. The van der Waals surface area contributed by atoms with Crippen LogP contribution < -0.4 is 0 Å². The van der Waals surface area contributed by atoms with Crippen LogP contribution in [0.3, 0.4) is 0 Å². The Bertz CT molecular complexity index is 592. The van der Waals surface area contributed by atoms with Gasteiger partial charge in [0.05, 0.1) is 6.17 Å². The molecule has 0 aliphatic rings. The molecule has 0 spiro atoms. The number of aryl methyl sites for hydroxylation is 2. The van der Waals surface area contributed by atoms with Gasteiger partial charge in [-0.25, -0.2) is 14.4 Å². The van der Waals surface area contributed by atoms with Crippen LogP contribution in [0.2, 0.25) is 0 Å². The lowest BCUT2D eigenvalue weighted by molar-refractivity contribution is 0.296. The maximum absolute atomic E-state index is 13.1. The van der Waals surface area contributed by atoms with Crippen LogP contribution in [-0.2, 0) is 6.42 Å². The molecule has 1 aromatic carbocycles. The Labute approximate surface area is 151 Å². The number of aromatic nitrogens is 2. The van der Waals surface area contributed by atoms with Gasteiger partial charge < -0.3 is 0 Å². The van der Waals surface area contributed by atoms with Crippen LogP contribution in [0.4, 0.5) is 4.39 Å². The lowest BCUT2D eigenvalue weighted by Gasteiger charge is -2.06. The maximum Gasteiger partial charge on any atom is 0.159 e. The van der Waals surface area contributed by atoms with Gasteiger partial charge in [-0.05, 0) is 43.7 Å².